The van der Waals surface area contributed by atoms with Gasteiger partial charge in [-0.2, -0.15) is 57.1 Å². The molecule has 0 saturated heterocycles. The summed E-state index contributed by atoms with van der Waals surface area (Å²) in [5, 5.41) is 1.02. The van der Waals surface area contributed by atoms with Crippen molar-refractivity contribution in [1.82, 2.24) is 0 Å². The first-order chi connectivity index (χ1) is 13.1. The summed E-state index contributed by atoms with van der Waals surface area (Å²) in [7, 11) is 0. The number of rotatable bonds is 6. The molecular weight excluding hydrogens is 457 g/mol. The third kappa shape index (κ3) is 3.66. The number of hydrogen-bond acceptors (Lipinski definition) is 1. The summed E-state index contributed by atoms with van der Waals surface area (Å²) in [6, 6.07) is 3.16. The van der Waals surface area contributed by atoms with Crippen molar-refractivity contribution >= 4 is 11.6 Å². The summed E-state index contributed by atoms with van der Waals surface area (Å²) in [5.41, 5.74) is -0.289. The smallest absolute Gasteiger partial charge is 0.320 e. The van der Waals surface area contributed by atoms with Crippen molar-refractivity contribution in [2.24, 2.45) is 0 Å². The summed E-state index contributed by atoms with van der Waals surface area (Å²) in [6.07, 6.45) is -7.51. The Labute approximate surface area is 159 Å². The third-order valence-corrected chi connectivity index (χ3v) is 3.85. The standard InChI is InChI=1S/C15H10F13NO/c1-6-3-4-8(7(2)5-6)29-9(30)10(16,17)11(18,19)12(20,21)13(22,23)14(24,25)15(26,27)28/h3-5H,1-2H3,(H,29,30). The molecule has 0 heterocycles. The van der Waals surface area contributed by atoms with Crippen molar-refractivity contribution in [1.29, 1.82) is 0 Å². The van der Waals surface area contributed by atoms with E-state index in [9.17, 15) is 61.9 Å². The van der Waals surface area contributed by atoms with Gasteiger partial charge in [-0.3, -0.25) is 4.79 Å². The molecule has 0 aliphatic rings. The topological polar surface area (TPSA) is 29.1 Å². The lowest BCUT2D eigenvalue weighted by Crippen LogP contribution is -2.71. The second kappa shape index (κ2) is 7.18. The molecule has 1 aromatic rings. The zero-order valence-corrected chi connectivity index (χ0v) is 14.6. The quantitative estimate of drug-likeness (QED) is 0.513. The van der Waals surface area contributed by atoms with Crippen molar-refractivity contribution in [3.05, 3.63) is 29.3 Å². The van der Waals surface area contributed by atoms with Crippen molar-refractivity contribution in [3.63, 3.8) is 0 Å². The molecule has 30 heavy (non-hydrogen) atoms. The average Bonchev–Trinajstić information content (AvgIpc) is 2.55. The van der Waals surface area contributed by atoms with Crippen molar-refractivity contribution in [2.75, 3.05) is 5.32 Å². The monoisotopic (exact) mass is 467 g/mol. The van der Waals surface area contributed by atoms with Gasteiger partial charge in [-0.05, 0) is 25.5 Å². The number of anilines is 1. The highest BCUT2D eigenvalue weighted by atomic mass is 19.4. The maximum Gasteiger partial charge on any atom is 0.460 e. The van der Waals surface area contributed by atoms with Crippen LogP contribution in [0.3, 0.4) is 0 Å². The van der Waals surface area contributed by atoms with E-state index in [2.05, 4.69) is 0 Å². The van der Waals surface area contributed by atoms with Crippen LogP contribution < -0.4 is 5.32 Å². The minimum absolute atomic E-state index is 0.0804. The van der Waals surface area contributed by atoms with Gasteiger partial charge in [-0.25, -0.2) is 0 Å². The van der Waals surface area contributed by atoms with Crippen LogP contribution in [0.5, 0.6) is 0 Å². The Morgan fingerprint density at radius 2 is 1.13 bits per heavy atom. The Hall–Kier alpha value is -2.22. The third-order valence-electron chi connectivity index (χ3n) is 3.85. The summed E-state index contributed by atoms with van der Waals surface area (Å²) in [5.74, 6) is -41.7. The fourth-order valence-corrected chi connectivity index (χ4v) is 2.07. The molecule has 0 radical (unpaired) electrons. The van der Waals surface area contributed by atoms with Crippen molar-refractivity contribution < 1.29 is 61.9 Å². The van der Waals surface area contributed by atoms with E-state index in [1.807, 2.05) is 0 Å². The molecule has 172 valence electrons. The molecule has 1 N–H and O–H groups in total. The number of hydrogen-bond donors (Lipinski definition) is 1. The second-order valence-corrected chi connectivity index (χ2v) is 6.14. The van der Waals surface area contributed by atoms with Gasteiger partial charge < -0.3 is 5.32 Å². The lowest BCUT2D eigenvalue weighted by atomic mass is 9.93. The number of amides is 1. The van der Waals surface area contributed by atoms with Crippen LogP contribution in [0.1, 0.15) is 11.1 Å². The van der Waals surface area contributed by atoms with Gasteiger partial charge in [0.05, 0.1) is 0 Å². The van der Waals surface area contributed by atoms with Crippen LogP contribution in [-0.4, -0.2) is 41.7 Å². The van der Waals surface area contributed by atoms with Gasteiger partial charge in [-0.1, -0.05) is 17.7 Å². The molecular formula is C15H10F13NO. The Bertz CT molecular complexity index is 813. The van der Waals surface area contributed by atoms with Crippen LogP contribution in [-0.2, 0) is 4.79 Å². The van der Waals surface area contributed by atoms with Crippen LogP contribution in [0.15, 0.2) is 18.2 Å². The van der Waals surface area contributed by atoms with E-state index in [1.54, 1.807) is 0 Å². The predicted octanol–water partition coefficient (Wildman–Crippen LogP) is 5.98. The molecule has 0 fully saturated rings. The number of carbonyl (C=O) groups excluding carboxylic acids is 1. The first-order valence-corrected chi connectivity index (χ1v) is 7.40. The Morgan fingerprint density at radius 1 is 0.700 bits per heavy atom. The largest absolute Gasteiger partial charge is 0.460 e. The summed E-state index contributed by atoms with van der Waals surface area (Å²) < 4.78 is 169. The van der Waals surface area contributed by atoms with E-state index in [1.165, 1.54) is 13.0 Å². The summed E-state index contributed by atoms with van der Waals surface area (Å²) >= 11 is 0. The molecule has 15 heteroatoms. The Morgan fingerprint density at radius 3 is 1.53 bits per heavy atom. The summed E-state index contributed by atoms with van der Waals surface area (Å²) in [4.78, 5) is 11.4. The molecule has 0 aliphatic heterocycles. The number of nitrogens with one attached hydrogen (secondary N) is 1. The lowest BCUT2D eigenvalue weighted by Gasteiger charge is -2.39. The van der Waals surface area contributed by atoms with Gasteiger partial charge >= 0.3 is 41.7 Å². The Balaban J connectivity index is 3.42. The number of carbonyl (C=O) groups is 1. The van der Waals surface area contributed by atoms with Crippen LogP contribution in [0, 0.1) is 13.8 Å². The number of aryl methyl sites for hydroxylation is 2. The first kappa shape index (κ1) is 25.8. The highest BCUT2D eigenvalue weighted by Crippen LogP contribution is 2.60. The highest BCUT2D eigenvalue weighted by molar-refractivity contribution is 5.97. The zero-order valence-electron chi connectivity index (χ0n) is 14.6. The number of alkyl halides is 13. The Kier molecular flexibility index (Phi) is 6.18. The molecule has 1 amide bonds. The predicted molar refractivity (Wildman–Crippen MR) is 75.3 cm³/mol. The van der Waals surface area contributed by atoms with Crippen molar-refractivity contribution in [2.45, 2.75) is 49.6 Å². The van der Waals surface area contributed by atoms with E-state index in [0.29, 0.717) is 5.56 Å². The first-order valence-electron chi connectivity index (χ1n) is 7.40. The van der Waals surface area contributed by atoms with E-state index in [0.717, 1.165) is 24.4 Å². The van der Waals surface area contributed by atoms with E-state index in [4.69, 9.17) is 0 Å². The molecule has 0 aliphatic carbocycles. The maximum absolute atomic E-state index is 13.7. The summed E-state index contributed by atoms with van der Waals surface area (Å²) in [6.45, 7) is 2.59. The molecule has 0 unspecified atom stereocenters. The number of benzene rings is 1. The highest BCUT2D eigenvalue weighted by Gasteiger charge is 2.91. The molecule has 0 saturated carbocycles. The van der Waals surface area contributed by atoms with Gasteiger partial charge in [0.1, 0.15) is 0 Å². The van der Waals surface area contributed by atoms with E-state index in [-0.39, 0.29) is 5.56 Å². The second-order valence-electron chi connectivity index (χ2n) is 6.14. The van der Waals surface area contributed by atoms with Gasteiger partial charge in [0, 0.05) is 5.69 Å². The molecule has 0 bridgehead atoms. The van der Waals surface area contributed by atoms with Crippen LogP contribution in [0.4, 0.5) is 62.8 Å². The zero-order chi connectivity index (χ0) is 24.1. The lowest BCUT2D eigenvalue weighted by molar-refractivity contribution is -0.435. The molecule has 1 rings (SSSR count). The molecule has 2 nitrogen and oxygen atoms in total. The fraction of sp³-hybridized carbons (Fsp3) is 0.533. The van der Waals surface area contributed by atoms with Crippen molar-refractivity contribution in [3.8, 4) is 0 Å². The van der Waals surface area contributed by atoms with Gasteiger partial charge in [0.2, 0.25) is 0 Å². The number of halogens is 13. The van der Waals surface area contributed by atoms with Gasteiger partial charge in [0.15, 0.2) is 0 Å². The van der Waals surface area contributed by atoms with Crippen LogP contribution >= 0.6 is 0 Å². The van der Waals surface area contributed by atoms with E-state index < -0.39 is 47.4 Å². The fourth-order valence-electron chi connectivity index (χ4n) is 2.07. The molecule has 0 aromatic heterocycles. The molecule has 0 spiro atoms. The van der Waals surface area contributed by atoms with Gasteiger partial charge in [-0.15, -0.1) is 0 Å². The maximum atomic E-state index is 13.7. The molecule has 1 aromatic carbocycles. The molecule has 0 atom stereocenters. The minimum Gasteiger partial charge on any atom is -0.320 e. The average molecular weight is 467 g/mol. The minimum atomic E-state index is -8.05. The van der Waals surface area contributed by atoms with Crippen LogP contribution in [0.25, 0.3) is 0 Å². The SMILES string of the molecule is Cc1ccc(NC(=O)C(F)(F)C(F)(F)C(F)(F)C(F)(F)C(F)(F)C(F)(F)F)c(C)c1. The van der Waals surface area contributed by atoms with Gasteiger partial charge in [0.25, 0.3) is 0 Å². The normalized spacial score (nSPS) is 14.6. The van der Waals surface area contributed by atoms with E-state index >= 15 is 0 Å². The van der Waals surface area contributed by atoms with Crippen LogP contribution in [0.2, 0.25) is 0 Å².